The highest BCUT2D eigenvalue weighted by molar-refractivity contribution is 6.10. The fraction of sp³-hybridized carbons (Fsp3) is 0.233. The first-order valence-electron chi connectivity index (χ1n) is 12.4. The molecule has 5 rings (SSSR count). The number of carboxylic acids is 1. The van der Waals surface area contributed by atoms with Crippen LogP contribution in [0.3, 0.4) is 0 Å². The number of aromatic nitrogens is 1. The molecule has 1 fully saturated rings. The van der Waals surface area contributed by atoms with Crippen LogP contribution in [0.4, 0.5) is 5.69 Å². The number of benzene rings is 3. The van der Waals surface area contributed by atoms with E-state index in [1.807, 2.05) is 61.5 Å². The highest BCUT2D eigenvalue weighted by Gasteiger charge is 2.52. The minimum atomic E-state index is -1.03. The molecule has 1 N–H and O–H groups in total. The molecule has 0 bridgehead atoms. The van der Waals surface area contributed by atoms with Crippen molar-refractivity contribution in [3.05, 3.63) is 95.9 Å². The Balaban J connectivity index is 1.21. The summed E-state index contributed by atoms with van der Waals surface area (Å²) < 4.78 is 16.9. The summed E-state index contributed by atoms with van der Waals surface area (Å²) in [5.41, 5.74) is 3.13. The predicted molar refractivity (Wildman–Crippen MR) is 141 cm³/mol. The van der Waals surface area contributed by atoms with Crippen LogP contribution >= 0.6 is 0 Å². The zero-order valence-electron chi connectivity index (χ0n) is 21.2. The van der Waals surface area contributed by atoms with Crippen molar-refractivity contribution in [2.75, 3.05) is 18.6 Å². The molecule has 1 aliphatic rings. The summed E-state index contributed by atoms with van der Waals surface area (Å²) in [5, 5.41) is 9.85. The largest absolute Gasteiger partial charge is 0.497 e. The van der Waals surface area contributed by atoms with Crippen LogP contribution in [0.15, 0.2) is 83.3 Å². The molecule has 1 saturated heterocycles. The Kier molecular flexibility index (Phi) is 7.13. The molecule has 1 aliphatic heterocycles. The second kappa shape index (κ2) is 10.8. The van der Waals surface area contributed by atoms with E-state index in [1.54, 1.807) is 31.4 Å². The molecular formula is C30H28N2O6. The predicted octanol–water partition coefficient (Wildman–Crippen LogP) is 4.94. The van der Waals surface area contributed by atoms with Crippen molar-refractivity contribution < 1.29 is 28.6 Å². The summed E-state index contributed by atoms with van der Waals surface area (Å²) >= 11 is 0. The van der Waals surface area contributed by atoms with Crippen molar-refractivity contribution in [2.24, 2.45) is 5.92 Å². The first-order chi connectivity index (χ1) is 18.4. The Bertz CT molecular complexity index is 1430. The summed E-state index contributed by atoms with van der Waals surface area (Å²) in [7, 11) is 1.55. The maximum Gasteiger partial charge on any atom is 0.327 e. The Morgan fingerprint density at radius 1 is 1.03 bits per heavy atom. The number of carboxylic acid groups (broad SMARTS) is 1. The number of hydrogen-bond donors (Lipinski definition) is 1. The molecule has 1 amide bonds. The third kappa shape index (κ3) is 5.11. The number of nitrogens with zero attached hydrogens (tertiary/aromatic N) is 2. The molecule has 4 aromatic rings. The Morgan fingerprint density at radius 2 is 1.79 bits per heavy atom. The molecule has 0 aliphatic carbocycles. The summed E-state index contributed by atoms with van der Waals surface area (Å²) in [4.78, 5) is 31.0. The number of oxazole rings is 1. The van der Waals surface area contributed by atoms with Crippen molar-refractivity contribution in [3.8, 4) is 23.0 Å². The maximum atomic E-state index is 13.0. The highest BCUT2D eigenvalue weighted by atomic mass is 16.5. The van der Waals surface area contributed by atoms with Crippen LogP contribution in [0.1, 0.15) is 17.0 Å². The number of carbonyl (C=O) groups is 2. The second-order valence-electron chi connectivity index (χ2n) is 9.13. The van der Waals surface area contributed by atoms with Crippen LogP contribution < -0.4 is 14.4 Å². The van der Waals surface area contributed by atoms with Gasteiger partial charge in [-0.2, -0.15) is 0 Å². The third-order valence-electron chi connectivity index (χ3n) is 6.69. The Hall–Kier alpha value is -4.59. The van der Waals surface area contributed by atoms with Gasteiger partial charge in [0.05, 0.1) is 25.3 Å². The van der Waals surface area contributed by atoms with Crippen LogP contribution in [-0.2, 0) is 22.4 Å². The number of aryl methyl sites for hydroxylation is 1. The third-order valence-corrected chi connectivity index (χ3v) is 6.69. The second-order valence-corrected chi connectivity index (χ2v) is 9.13. The topological polar surface area (TPSA) is 102 Å². The van der Waals surface area contributed by atoms with Gasteiger partial charge < -0.3 is 19.0 Å². The zero-order chi connectivity index (χ0) is 26.6. The van der Waals surface area contributed by atoms with Crippen molar-refractivity contribution in [1.29, 1.82) is 0 Å². The standard InChI is InChI=1S/C30H28N2O6/c1-19-26(31-28(38-19)21-8-4-3-5-9-21)15-16-37-24-10-6-7-20(17-24)18-25-27(30(34)35)32(29(25)33)22-11-13-23(36-2)14-12-22/h3-14,17,25,27H,15-16,18H2,1-2H3,(H,34,35)/t25-,27-/m1/s1. The lowest BCUT2D eigenvalue weighted by Gasteiger charge is -2.44. The number of hydrogen-bond acceptors (Lipinski definition) is 6. The van der Waals surface area contributed by atoms with Crippen LogP contribution in [0.25, 0.3) is 11.5 Å². The number of anilines is 1. The summed E-state index contributed by atoms with van der Waals surface area (Å²) in [6, 6.07) is 23.0. The van der Waals surface area contributed by atoms with Gasteiger partial charge in [-0.3, -0.25) is 9.69 Å². The lowest BCUT2D eigenvalue weighted by molar-refractivity contribution is -0.149. The summed E-state index contributed by atoms with van der Waals surface area (Å²) in [6.45, 7) is 2.29. The Morgan fingerprint density at radius 3 is 2.50 bits per heavy atom. The monoisotopic (exact) mass is 512 g/mol. The van der Waals surface area contributed by atoms with E-state index >= 15 is 0 Å². The first-order valence-corrected chi connectivity index (χ1v) is 12.4. The number of rotatable bonds is 10. The fourth-order valence-electron chi connectivity index (χ4n) is 4.71. The van der Waals surface area contributed by atoms with Gasteiger partial charge >= 0.3 is 5.97 Å². The van der Waals surface area contributed by atoms with E-state index in [9.17, 15) is 14.7 Å². The molecule has 0 unspecified atom stereocenters. The van der Waals surface area contributed by atoms with E-state index in [-0.39, 0.29) is 5.91 Å². The quantitative estimate of drug-likeness (QED) is 0.300. The van der Waals surface area contributed by atoms with Crippen LogP contribution in [0.2, 0.25) is 0 Å². The van der Waals surface area contributed by atoms with Gasteiger partial charge in [-0.25, -0.2) is 9.78 Å². The molecule has 0 saturated carbocycles. The van der Waals surface area contributed by atoms with E-state index in [0.29, 0.717) is 42.5 Å². The summed E-state index contributed by atoms with van der Waals surface area (Å²) in [6.07, 6.45) is 0.883. The van der Waals surface area contributed by atoms with E-state index in [2.05, 4.69) is 4.98 Å². The molecule has 2 atom stereocenters. The lowest BCUT2D eigenvalue weighted by Crippen LogP contribution is -2.65. The number of methoxy groups -OCH3 is 1. The van der Waals surface area contributed by atoms with E-state index in [1.165, 1.54) is 4.90 Å². The first kappa shape index (κ1) is 25.1. The number of carbonyl (C=O) groups excluding carboxylic acids is 1. The van der Waals surface area contributed by atoms with E-state index < -0.39 is 17.9 Å². The molecule has 0 spiro atoms. The molecule has 3 aromatic carbocycles. The minimum absolute atomic E-state index is 0.218. The number of amides is 1. The molecule has 194 valence electrons. The smallest absolute Gasteiger partial charge is 0.327 e. The number of ether oxygens (including phenoxy) is 2. The van der Waals surface area contributed by atoms with Gasteiger partial charge in [0.25, 0.3) is 0 Å². The van der Waals surface area contributed by atoms with Crippen LogP contribution in [-0.4, -0.2) is 41.7 Å². The normalized spacial score (nSPS) is 16.7. The number of aliphatic carboxylic acids is 1. The average molecular weight is 513 g/mol. The van der Waals surface area contributed by atoms with Gasteiger partial charge in [0, 0.05) is 17.7 Å². The molecule has 1 aromatic heterocycles. The van der Waals surface area contributed by atoms with Crippen LogP contribution in [0, 0.1) is 12.8 Å². The van der Waals surface area contributed by atoms with Crippen molar-refractivity contribution in [3.63, 3.8) is 0 Å². The fourth-order valence-corrected chi connectivity index (χ4v) is 4.71. The molecular weight excluding hydrogens is 484 g/mol. The van der Waals surface area contributed by atoms with E-state index in [4.69, 9.17) is 13.9 Å². The van der Waals surface area contributed by atoms with Gasteiger partial charge in [0.2, 0.25) is 11.8 Å². The molecule has 8 nitrogen and oxygen atoms in total. The average Bonchev–Trinajstić information content (AvgIpc) is 3.31. The van der Waals surface area contributed by atoms with Gasteiger partial charge in [0.15, 0.2) is 0 Å². The van der Waals surface area contributed by atoms with Crippen molar-refractivity contribution >= 4 is 17.6 Å². The maximum absolute atomic E-state index is 13.0. The van der Waals surface area contributed by atoms with Crippen molar-refractivity contribution in [1.82, 2.24) is 4.98 Å². The van der Waals surface area contributed by atoms with Gasteiger partial charge in [-0.05, 0) is 67.4 Å². The lowest BCUT2D eigenvalue weighted by atomic mass is 9.81. The highest BCUT2D eigenvalue weighted by Crippen LogP contribution is 2.36. The molecule has 38 heavy (non-hydrogen) atoms. The van der Waals surface area contributed by atoms with E-state index in [0.717, 1.165) is 22.6 Å². The molecule has 0 radical (unpaired) electrons. The SMILES string of the molecule is COc1ccc(N2C(=O)[C@H](Cc3cccc(OCCc4nc(-c5ccccc5)oc4C)c3)[C@@H]2C(=O)O)cc1. The van der Waals surface area contributed by atoms with Crippen LogP contribution in [0.5, 0.6) is 11.5 Å². The van der Waals surface area contributed by atoms with Gasteiger partial charge in [0.1, 0.15) is 23.3 Å². The molecule has 2 heterocycles. The summed E-state index contributed by atoms with van der Waals surface area (Å²) in [5.74, 6) is 0.724. The van der Waals surface area contributed by atoms with Gasteiger partial charge in [-0.1, -0.05) is 30.3 Å². The molecule has 8 heteroatoms. The zero-order valence-corrected chi connectivity index (χ0v) is 21.2. The van der Waals surface area contributed by atoms with Gasteiger partial charge in [-0.15, -0.1) is 0 Å². The number of β-lactam (4-membered cyclic amide) rings is 1. The van der Waals surface area contributed by atoms with Crippen molar-refractivity contribution in [2.45, 2.75) is 25.8 Å². The minimum Gasteiger partial charge on any atom is -0.497 e. The Labute approximate surface area is 220 Å².